The number of halogens is 2. The van der Waals surface area contributed by atoms with Crippen LogP contribution in [0.25, 0.3) is 0 Å². The van der Waals surface area contributed by atoms with Gasteiger partial charge in [0, 0.05) is 12.0 Å². The van der Waals surface area contributed by atoms with Crippen molar-refractivity contribution in [1.82, 2.24) is 5.32 Å². The van der Waals surface area contributed by atoms with Crippen LogP contribution in [-0.4, -0.2) is 18.1 Å². The van der Waals surface area contributed by atoms with Gasteiger partial charge in [0.2, 0.25) is 6.43 Å². The molecule has 0 saturated carbocycles. The van der Waals surface area contributed by atoms with Crippen LogP contribution in [0.1, 0.15) is 32.3 Å². The lowest BCUT2D eigenvalue weighted by atomic mass is 9.95. The minimum atomic E-state index is -2.46. The fourth-order valence-corrected chi connectivity index (χ4v) is 1.63. The maximum absolute atomic E-state index is 12.4. The van der Waals surface area contributed by atoms with Gasteiger partial charge in [-0.2, -0.15) is 0 Å². The molecular formula is C14H19F2NO2. The molecule has 1 aromatic rings. The molecule has 0 aliphatic heterocycles. The van der Waals surface area contributed by atoms with Crippen molar-refractivity contribution in [3.63, 3.8) is 0 Å². The van der Waals surface area contributed by atoms with Crippen LogP contribution in [0.4, 0.5) is 13.6 Å². The number of carbonyl (C=O) groups excluding carboxylic acids is 1. The number of rotatable bonds is 6. The van der Waals surface area contributed by atoms with Crippen molar-refractivity contribution in [3.05, 3.63) is 35.9 Å². The minimum absolute atomic E-state index is 0.126. The normalized spacial score (nSPS) is 13.9. The Labute approximate surface area is 112 Å². The molecule has 0 aliphatic carbocycles. The van der Waals surface area contributed by atoms with Crippen molar-refractivity contribution < 1.29 is 18.3 Å². The van der Waals surface area contributed by atoms with Crippen LogP contribution in [0.3, 0.4) is 0 Å². The van der Waals surface area contributed by atoms with Gasteiger partial charge in [-0.1, -0.05) is 37.3 Å². The highest BCUT2D eigenvalue weighted by Crippen LogP contribution is 2.19. The molecule has 1 unspecified atom stereocenters. The van der Waals surface area contributed by atoms with Crippen molar-refractivity contribution in [2.45, 2.75) is 45.3 Å². The van der Waals surface area contributed by atoms with Gasteiger partial charge in [0.05, 0.1) is 0 Å². The van der Waals surface area contributed by atoms with Gasteiger partial charge in [-0.3, -0.25) is 0 Å². The third-order valence-corrected chi connectivity index (χ3v) is 3.00. The third kappa shape index (κ3) is 5.68. The Morgan fingerprint density at radius 2 is 2.00 bits per heavy atom. The number of nitrogens with one attached hydrogen (secondary N) is 1. The lowest BCUT2D eigenvalue weighted by Gasteiger charge is -2.28. The zero-order valence-corrected chi connectivity index (χ0v) is 11.2. The maximum atomic E-state index is 12.4. The Hall–Kier alpha value is -1.65. The number of alkyl halides is 2. The second-order valence-electron chi connectivity index (χ2n) is 4.70. The third-order valence-electron chi connectivity index (χ3n) is 3.00. The fraction of sp³-hybridized carbons (Fsp3) is 0.500. The van der Waals surface area contributed by atoms with Crippen LogP contribution < -0.4 is 5.32 Å². The Morgan fingerprint density at radius 3 is 2.53 bits per heavy atom. The monoisotopic (exact) mass is 271 g/mol. The van der Waals surface area contributed by atoms with Gasteiger partial charge in [-0.25, -0.2) is 13.6 Å². The average Bonchev–Trinajstić information content (AvgIpc) is 2.36. The zero-order chi connectivity index (χ0) is 14.3. The van der Waals surface area contributed by atoms with Crippen molar-refractivity contribution in [1.29, 1.82) is 0 Å². The summed E-state index contributed by atoms with van der Waals surface area (Å²) in [5, 5.41) is 2.50. The first-order valence-electron chi connectivity index (χ1n) is 6.22. The first-order chi connectivity index (χ1) is 8.95. The van der Waals surface area contributed by atoms with Gasteiger partial charge < -0.3 is 10.1 Å². The molecule has 0 bridgehead atoms. The van der Waals surface area contributed by atoms with E-state index in [-0.39, 0.29) is 13.0 Å². The summed E-state index contributed by atoms with van der Waals surface area (Å²) in [4.78, 5) is 11.6. The molecule has 0 aromatic heterocycles. The van der Waals surface area contributed by atoms with E-state index >= 15 is 0 Å². The van der Waals surface area contributed by atoms with E-state index in [2.05, 4.69) is 5.32 Å². The summed E-state index contributed by atoms with van der Waals surface area (Å²) in [6.45, 7) is 3.46. The van der Waals surface area contributed by atoms with Crippen LogP contribution >= 0.6 is 0 Å². The molecule has 1 aromatic carbocycles. The second-order valence-corrected chi connectivity index (χ2v) is 4.70. The van der Waals surface area contributed by atoms with Gasteiger partial charge in [0.15, 0.2) is 0 Å². The maximum Gasteiger partial charge on any atom is 0.407 e. The zero-order valence-electron chi connectivity index (χ0n) is 11.2. The topological polar surface area (TPSA) is 38.3 Å². The molecular weight excluding hydrogens is 252 g/mol. The Morgan fingerprint density at radius 1 is 1.37 bits per heavy atom. The quantitative estimate of drug-likeness (QED) is 0.856. The highest BCUT2D eigenvalue weighted by atomic mass is 19.3. The summed E-state index contributed by atoms with van der Waals surface area (Å²) >= 11 is 0. The summed E-state index contributed by atoms with van der Waals surface area (Å²) in [6.07, 6.45) is -3.10. The predicted molar refractivity (Wildman–Crippen MR) is 69.1 cm³/mol. The van der Waals surface area contributed by atoms with Crippen molar-refractivity contribution in [2.24, 2.45) is 0 Å². The van der Waals surface area contributed by atoms with Crippen molar-refractivity contribution in [3.8, 4) is 0 Å². The molecule has 0 heterocycles. The molecule has 1 atom stereocenters. The summed E-state index contributed by atoms with van der Waals surface area (Å²) < 4.78 is 29.9. The van der Waals surface area contributed by atoms with E-state index in [1.807, 2.05) is 30.3 Å². The molecule has 19 heavy (non-hydrogen) atoms. The van der Waals surface area contributed by atoms with Crippen LogP contribution in [-0.2, 0) is 11.3 Å². The van der Waals surface area contributed by atoms with Crippen LogP contribution in [0.5, 0.6) is 0 Å². The molecule has 1 rings (SSSR count). The van der Waals surface area contributed by atoms with E-state index in [1.54, 1.807) is 13.8 Å². The lowest BCUT2D eigenvalue weighted by Crippen LogP contribution is -2.47. The molecule has 1 amide bonds. The van der Waals surface area contributed by atoms with Crippen LogP contribution in [0.2, 0.25) is 0 Å². The number of ether oxygens (including phenoxy) is 1. The molecule has 106 valence electrons. The summed E-state index contributed by atoms with van der Waals surface area (Å²) in [5.74, 6) is 0. The molecule has 5 heteroatoms. The number of carbonyl (C=O) groups is 1. The Balaban J connectivity index is 2.45. The van der Waals surface area contributed by atoms with Crippen molar-refractivity contribution in [2.75, 3.05) is 0 Å². The average molecular weight is 271 g/mol. The SMILES string of the molecule is CCC(C)(CC(F)F)NC(=O)OCc1ccccc1. The minimum Gasteiger partial charge on any atom is -0.445 e. The van der Waals surface area contributed by atoms with Gasteiger partial charge in [0.1, 0.15) is 6.61 Å². The highest BCUT2D eigenvalue weighted by molar-refractivity contribution is 5.68. The molecule has 0 radical (unpaired) electrons. The number of alkyl carbamates (subject to hydrolysis) is 1. The largest absolute Gasteiger partial charge is 0.445 e. The first-order valence-corrected chi connectivity index (χ1v) is 6.22. The van der Waals surface area contributed by atoms with E-state index in [0.717, 1.165) is 5.56 Å². The Kier molecular flexibility index (Phi) is 5.73. The Bertz CT molecular complexity index is 398. The first kappa shape index (κ1) is 15.4. The van der Waals surface area contributed by atoms with E-state index < -0.39 is 18.1 Å². The van der Waals surface area contributed by atoms with Gasteiger partial charge in [0.25, 0.3) is 0 Å². The smallest absolute Gasteiger partial charge is 0.407 e. The molecule has 0 aliphatic rings. The molecule has 0 fully saturated rings. The van der Waals surface area contributed by atoms with Gasteiger partial charge >= 0.3 is 6.09 Å². The summed E-state index contributed by atoms with van der Waals surface area (Å²) in [7, 11) is 0. The highest BCUT2D eigenvalue weighted by Gasteiger charge is 2.28. The standard InChI is InChI=1S/C14H19F2NO2/c1-3-14(2,9-12(15)16)17-13(18)19-10-11-7-5-4-6-8-11/h4-8,12H,3,9-10H2,1-2H3,(H,17,18). The number of hydrogen-bond donors (Lipinski definition) is 1. The summed E-state index contributed by atoms with van der Waals surface area (Å²) in [6, 6.07) is 9.18. The fourth-order valence-electron chi connectivity index (χ4n) is 1.63. The van der Waals surface area contributed by atoms with E-state index in [1.165, 1.54) is 0 Å². The lowest BCUT2D eigenvalue weighted by molar-refractivity contribution is 0.0838. The van der Waals surface area contributed by atoms with E-state index in [4.69, 9.17) is 4.74 Å². The molecule has 3 nitrogen and oxygen atoms in total. The second kappa shape index (κ2) is 7.07. The molecule has 1 N–H and O–H groups in total. The van der Waals surface area contributed by atoms with Gasteiger partial charge in [-0.15, -0.1) is 0 Å². The molecule has 0 saturated heterocycles. The number of hydrogen-bond acceptors (Lipinski definition) is 2. The predicted octanol–water partition coefficient (Wildman–Crippen LogP) is 3.74. The number of benzene rings is 1. The van der Waals surface area contributed by atoms with Crippen molar-refractivity contribution >= 4 is 6.09 Å². The van der Waals surface area contributed by atoms with Crippen LogP contribution in [0.15, 0.2) is 30.3 Å². The summed E-state index contributed by atoms with van der Waals surface area (Å²) in [5.41, 5.74) is -0.0909. The molecule has 0 spiro atoms. The van der Waals surface area contributed by atoms with E-state index in [9.17, 15) is 13.6 Å². The van der Waals surface area contributed by atoms with Crippen LogP contribution in [0, 0.1) is 0 Å². The number of amides is 1. The van der Waals surface area contributed by atoms with Gasteiger partial charge in [-0.05, 0) is 18.9 Å². The van der Waals surface area contributed by atoms with E-state index in [0.29, 0.717) is 6.42 Å².